The van der Waals surface area contributed by atoms with Gasteiger partial charge in [0.05, 0.1) is 18.4 Å². The Morgan fingerprint density at radius 1 is 1.14 bits per heavy atom. The van der Waals surface area contributed by atoms with Gasteiger partial charge in [0.25, 0.3) is 0 Å². The molecule has 2 fully saturated rings. The number of guanidine groups is 1. The zero-order valence-corrected chi connectivity index (χ0v) is 20.3. The average molecular weight is 532 g/mol. The van der Waals surface area contributed by atoms with Gasteiger partial charge in [0.1, 0.15) is 0 Å². The van der Waals surface area contributed by atoms with E-state index in [-0.39, 0.29) is 35.8 Å². The molecule has 28 heavy (non-hydrogen) atoms. The van der Waals surface area contributed by atoms with Crippen LogP contribution in [0.5, 0.6) is 0 Å². The Hall–Kier alpha value is -0.170. The Bertz CT molecular complexity index is 535. The van der Waals surface area contributed by atoms with Crippen LogP contribution >= 0.6 is 24.0 Å². The van der Waals surface area contributed by atoms with Gasteiger partial charge in [-0.1, -0.05) is 6.42 Å². The number of piperidine rings is 1. The molecular weight excluding hydrogens is 493 g/mol. The fourth-order valence-electron chi connectivity index (χ4n) is 3.39. The largest absolute Gasteiger partial charge is 0.377 e. The molecule has 0 radical (unpaired) electrons. The van der Waals surface area contributed by atoms with Crippen molar-refractivity contribution in [3.8, 4) is 0 Å². The maximum absolute atomic E-state index is 12.2. The monoisotopic (exact) mass is 531 g/mol. The molecule has 2 heterocycles. The second-order valence-corrected chi connectivity index (χ2v) is 9.17. The van der Waals surface area contributed by atoms with E-state index in [1.54, 1.807) is 0 Å². The molecule has 2 aliphatic heterocycles. The predicted octanol–water partition coefficient (Wildman–Crippen LogP) is 1.13. The first-order valence-corrected chi connectivity index (χ1v) is 12.1. The van der Waals surface area contributed by atoms with Crippen molar-refractivity contribution in [1.29, 1.82) is 0 Å². The number of nitrogens with one attached hydrogen (secondary N) is 3. The van der Waals surface area contributed by atoms with Crippen LogP contribution in [-0.4, -0.2) is 83.6 Å². The van der Waals surface area contributed by atoms with E-state index >= 15 is 0 Å². The molecule has 0 amide bonds. The molecule has 0 aliphatic carbocycles. The normalized spacial score (nSPS) is 21.8. The summed E-state index contributed by atoms with van der Waals surface area (Å²) in [5, 5.41) is 6.30. The van der Waals surface area contributed by atoms with Crippen molar-refractivity contribution in [2.75, 3.05) is 58.2 Å². The number of likely N-dealkylation sites (tertiary alicyclic amines) is 1. The maximum Gasteiger partial charge on any atom is 0.213 e. The van der Waals surface area contributed by atoms with Crippen LogP contribution in [0.2, 0.25) is 0 Å². The number of sulfonamides is 1. The van der Waals surface area contributed by atoms with Gasteiger partial charge < -0.3 is 20.3 Å². The van der Waals surface area contributed by atoms with Crippen LogP contribution in [0.25, 0.3) is 0 Å². The summed E-state index contributed by atoms with van der Waals surface area (Å²) in [4.78, 5) is 7.01. The van der Waals surface area contributed by atoms with Gasteiger partial charge in [-0.2, -0.15) is 0 Å². The summed E-state index contributed by atoms with van der Waals surface area (Å²) < 4.78 is 32.5. The first kappa shape index (κ1) is 25.9. The smallest absolute Gasteiger partial charge is 0.213 e. The molecule has 1 atom stereocenters. The van der Waals surface area contributed by atoms with Crippen molar-refractivity contribution in [3.05, 3.63) is 0 Å². The molecule has 0 aromatic heterocycles. The van der Waals surface area contributed by atoms with Crippen molar-refractivity contribution < 1.29 is 13.2 Å². The quantitative estimate of drug-likeness (QED) is 0.222. The summed E-state index contributed by atoms with van der Waals surface area (Å²) >= 11 is 0. The highest BCUT2D eigenvalue weighted by molar-refractivity contribution is 14.0. The van der Waals surface area contributed by atoms with E-state index in [9.17, 15) is 8.42 Å². The zero-order chi connectivity index (χ0) is 19.4. The van der Waals surface area contributed by atoms with E-state index in [4.69, 9.17) is 4.74 Å². The van der Waals surface area contributed by atoms with Gasteiger partial charge in [-0.3, -0.25) is 4.99 Å². The van der Waals surface area contributed by atoms with Gasteiger partial charge >= 0.3 is 0 Å². The standard InChI is InChI=1S/C18H37N5O3S.HI/c1-2-19-18(20-9-13-23-11-5-3-6-12-23)21-10-15-27(24,25)22-16-17-8-4-7-14-26-17;/h17,22H,2-16H2,1H3,(H2,19,20,21);1H. The van der Waals surface area contributed by atoms with Gasteiger partial charge in [0.2, 0.25) is 10.0 Å². The number of nitrogens with zero attached hydrogens (tertiary/aromatic N) is 2. The number of ether oxygens (including phenoxy) is 1. The lowest BCUT2D eigenvalue weighted by Crippen LogP contribution is -2.43. The van der Waals surface area contributed by atoms with Gasteiger partial charge in [-0.15, -0.1) is 24.0 Å². The predicted molar refractivity (Wildman–Crippen MR) is 125 cm³/mol. The molecule has 3 N–H and O–H groups in total. The minimum absolute atomic E-state index is 0. The van der Waals surface area contributed by atoms with Crippen molar-refractivity contribution in [2.24, 2.45) is 4.99 Å². The lowest BCUT2D eigenvalue weighted by molar-refractivity contribution is 0.0200. The van der Waals surface area contributed by atoms with Gasteiger partial charge in [-0.05, 0) is 52.1 Å². The number of hydrogen-bond acceptors (Lipinski definition) is 5. The molecular formula is C18H38IN5O3S. The van der Waals surface area contributed by atoms with Crippen LogP contribution in [0.3, 0.4) is 0 Å². The third kappa shape index (κ3) is 11.1. The molecule has 0 aromatic rings. The number of rotatable bonds is 10. The van der Waals surface area contributed by atoms with Crippen LogP contribution in [0.1, 0.15) is 45.4 Å². The van der Waals surface area contributed by atoms with Gasteiger partial charge in [0.15, 0.2) is 5.96 Å². The van der Waals surface area contributed by atoms with Crippen molar-refractivity contribution >= 4 is 40.0 Å². The number of halogens is 1. The summed E-state index contributed by atoms with van der Waals surface area (Å²) in [6.07, 6.45) is 6.99. The maximum atomic E-state index is 12.2. The minimum Gasteiger partial charge on any atom is -0.377 e. The first-order valence-electron chi connectivity index (χ1n) is 10.4. The third-order valence-electron chi connectivity index (χ3n) is 4.95. The Morgan fingerprint density at radius 2 is 1.93 bits per heavy atom. The first-order chi connectivity index (χ1) is 13.1. The summed E-state index contributed by atoms with van der Waals surface area (Å²) in [6, 6.07) is 0. The second kappa shape index (κ2) is 14.8. The topological polar surface area (TPSA) is 95.1 Å². The fourth-order valence-corrected chi connectivity index (χ4v) is 4.35. The number of aliphatic imine (C=N–C) groups is 1. The Kier molecular flexibility index (Phi) is 13.6. The Morgan fingerprint density at radius 3 is 2.61 bits per heavy atom. The van der Waals surface area contributed by atoms with E-state index in [0.717, 1.165) is 58.6 Å². The van der Waals surface area contributed by atoms with Gasteiger partial charge in [0, 0.05) is 32.8 Å². The highest BCUT2D eigenvalue weighted by Gasteiger charge is 2.17. The summed E-state index contributed by atoms with van der Waals surface area (Å²) in [6.45, 7) is 8.18. The highest BCUT2D eigenvalue weighted by atomic mass is 127. The molecule has 166 valence electrons. The summed E-state index contributed by atoms with van der Waals surface area (Å²) in [5.41, 5.74) is 0. The van der Waals surface area contributed by atoms with Crippen LogP contribution in [-0.2, 0) is 14.8 Å². The molecule has 8 nitrogen and oxygen atoms in total. The molecule has 0 spiro atoms. The minimum atomic E-state index is -3.31. The van der Waals surface area contributed by atoms with Crippen molar-refractivity contribution in [1.82, 2.24) is 20.3 Å². The molecule has 0 saturated carbocycles. The number of hydrogen-bond donors (Lipinski definition) is 3. The molecule has 1 unspecified atom stereocenters. The molecule has 2 saturated heterocycles. The fraction of sp³-hybridized carbons (Fsp3) is 0.944. The lowest BCUT2D eigenvalue weighted by atomic mass is 10.1. The van der Waals surface area contributed by atoms with Crippen LogP contribution in [0.15, 0.2) is 4.99 Å². The SMILES string of the molecule is CCNC(=NCCN1CCCCC1)NCCS(=O)(=O)NCC1CCCCO1.I. The van der Waals surface area contributed by atoms with E-state index < -0.39 is 10.0 Å². The molecule has 0 bridgehead atoms. The van der Waals surface area contributed by atoms with E-state index in [1.165, 1.54) is 19.3 Å². The van der Waals surface area contributed by atoms with Crippen molar-refractivity contribution in [2.45, 2.75) is 51.6 Å². The van der Waals surface area contributed by atoms with Crippen molar-refractivity contribution in [3.63, 3.8) is 0 Å². The average Bonchev–Trinajstić information content (AvgIpc) is 2.68. The highest BCUT2D eigenvalue weighted by Crippen LogP contribution is 2.11. The van der Waals surface area contributed by atoms with E-state index in [0.29, 0.717) is 19.0 Å². The van der Waals surface area contributed by atoms with E-state index in [1.807, 2.05) is 6.92 Å². The molecule has 2 aliphatic rings. The molecule has 2 rings (SSSR count). The van der Waals surface area contributed by atoms with Gasteiger partial charge in [-0.25, -0.2) is 13.1 Å². The van der Waals surface area contributed by atoms with E-state index in [2.05, 4.69) is 25.2 Å². The lowest BCUT2D eigenvalue weighted by Gasteiger charge is -2.25. The summed E-state index contributed by atoms with van der Waals surface area (Å²) in [5.74, 6) is 0.705. The zero-order valence-electron chi connectivity index (χ0n) is 17.1. The van der Waals surface area contributed by atoms with Crippen LogP contribution < -0.4 is 15.4 Å². The molecule has 0 aromatic carbocycles. The Balaban J connectivity index is 0.00000392. The second-order valence-electron chi connectivity index (χ2n) is 7.25. The molecule has 10 heteroatoms. The third-order valence-corrected chi connectivity index (χ3v) is 6.30. The van der Waals surface area contributed by atoms with Crippen LogP contribution in [0, 0.1) is 0 Å². The summed E-state index contributed by atoms with van der Waals surface area (Å²) in [7, 11) is -3.31. The van der Waals surface area contributed by atoms with Crippen LogP contribution in [0.4, 0.5) is 0 Å². The Labute approximate surface area is 187 Å².